The summed E-state index contributed by atoms with van der Waals surface area (Å²) in [4.78, 5) is 11.8. The normalized spacial score (nSPS) is 20.9. The Hall–Kier alpha value is -1.60. The van der Waals surface area contributed by atoms with Crippen LogP contribution in [0.5, 0.6) is 5.75 Å². The molecule has 6 nitrogen and oxygen atoms in total. The zero-order chi connectivity index (χ0) is 15.3. The van der Waals surface area contributed by atoms with Crippen molar-refractivity contribution in [2.24, 2.45) is 0 Å². The Bertz CT molecular complexity index is 583. The largest absolute Gasteiger partial charge is 0.508 e. The molecule has 1 aromatic rings. The van der Waals surface area contributed by atoms with E-state index in [1.807, 2.05) is 0 Å². The van der Waals surface area contributed by atoms with Crippen LogP contribution in [0, 0.1) is 0 Å². The van der Waals surface area contributed by atoms with Crippen LogP contribution in [0.2, 0.25) is 0 Å². The lowest BCUT2D eigenvalue weighted by Crippen LogP contribution is -2.47. The first-order chi connectivity index (χ1) is 9.94. The van der Waals surface area contributed by atoms with Crippen LogP contribution in [0.4, 0.5) is 0 Å². The SMILES string of the molecule is O=C(CC1CS(=O)(=O)CCN1)NCCc1ccc(O)cc1. The number of carbonyl (C=O) groups is 1. The number of carbonyl (C=O) groups excluding carboxylic acids is 1. The van der Waals surface area contributed by atoms with Crippen molar-refractivity contribution in [2.75, 3.05) is 24.6 Å². The Kier molecular flexibility index (Phi) is 5.19. The van der Waals surface area contributed by atoms with Crippen LogP contribution < -0.4 is 10.6 Å². The summed E-state index contributed by atoms with van der Waals surface area (Å²) in [6.45, 7) is 0.900. The molecular formula is C14H20N2O4S. The number of sulfone groups is 1. The van der Waals surface area contributed by atoms with Gasteiger partial charge in [-0.05, 0) is 24.1 Å². The number of nitrogens with one attached hydrogen (secondary N) is 2. The molecule has 1 aliphatic heterocycles. The molecule has 1 aromatic carbocycles. The van der Waals surface area contributed by atoms with Gasteiger partial charge in [0.05, 0.1) is 11.5 Å². The van der Waals surface area contributed by atoms with Gasteiger partial charge in [-0.2, -0.15) is 0 Å². The van der Waals surface area contributed by atoms with E-state index in [0.29, 0.717) is 19.5 Å². The monoisotopic (exact) mass is 312 g/mol. The number of benzene rings is 1. The number of phenolic OH excluding ortho intramolecular Hbond substituents is 1. The zero-order valence-electron chi connectivity index (χ0n) is 11.7. The first kappa shape index (κ1) is 15.8. The molecule has 1 unspecified atom stereocenters. The van der Waals surface area contributed by atoms with E-state index in [-0.39, 0.29) is 35.6 Å². The molecule has 0 aromatic heterocycles. The lowest BCUT2D eigenvalue weighted by molar-refractivity contribution is -0.121. The van der Waals surface area contributed by atoms with Crippen LogP contribution in [-0.4, -0.2) is 50.1 Å². The van der Waals surface area contributed by atoms with Crippen molar-refractivity contribution in [1.29, 1.82) is 0 Å². The van der Waals surface area contributed by atoms with Gasteiger partial charge in [-0.25, -0.2) is 8.42 Å². The molecule has 0 aliphatic carbocycles. The molecule has 1 saturated heterocycles. The molecule has 116 valence electrons. The number of hydrogen-bond acceptors (Lipinski definition) is 5. The number of amides is 1. The fourth-order valence-corrected chi connectivity index (χ4v) is 3.75. The third-order valence-electron chi connectivity index (χ3n) is 3.41. The smallest absolute Gasteiger partial charge is 0.221 e. The van der Waals surface area contributed by atoms with E-state index in [1.54, 1.807) is 24.3 Å². The van der Waals surface area contributed by atoms with Gasteiger partial charge in [0, 0.05) is 25.6 Å². The molecule has 21 heavy (non-hydrogen) atoms. The summed E-state index contributed by atoms with van der Waals surface area (Å²) in [6.07, 6.45) is 0.844. The van der Waals surface area contributed by atoms with Crippen LogP contribution in [0.15, 0.2) is 24.3 Å². The van der Waals surface area contributed by atoms with E-state index >= 15 is 0 Å². The zero-order valence-corrected chi connectivity index (χ0v) is 12.5. The maximum Gasteiger partial charge on any atom is 0.221 e. The highest BCUT2D eigenvalue weighted by Crippen LogP contribution is 2.09. The summed E-state index contributed by atoms with van der Waals surface area (Å²) >= 11 is 0. The molecule has 1 aliphatic rings. The minimum atomic E-state index is -3.01. The molecule has 1 heterocycles. The fraction of sp³-hybridized carbons (Fsp3) is 0.500. The van der Waals surface area contributed by atoms with Crippen molar-refractivity contribution in [2.45, 2.75) is 18.9 Å². The highest BCUT2D eigenvalue weighted by Gasteiger charge is 2.25. The Balaban J connectivity index is 1.71. The van der Waals surface area contributed by atoms with Gasteiger partial charge in [-0.1, -0.05) is 12.1 Å². The first-order valence-corrected chi connectivity index (χ1v) is 8.75. The standard InChI is InChI=1S/C14H20N2O4S/c17-13-3-1-11(2-4-13)5-6-16-14(18)9-12-10-21(19,20)8-7-15-12/h1-4,12,15,17H,5-10H2,(H,16,18). The van der Waals surface area contributed by atoms with Crippen LogP contribution in [0.3, 0.4) is 0 Å². The Labute approximate surface area is 124 Å². The molecular weight excluding hydrogens is 292 g/mol. The Morgan fingerprint density at radius 2 is 2.05 bits per heavy atom. The average molecular weight is 312 g/mol. The fourth-order valence-electron chi connectivity index (χ4n) is 2.30. The van der Waals surface area contributed by atoms with E-state index in [4.69, 9.17) is 5.11 Å². The van der Waals surface area contributed by atoms with E-state index in [0.717, 1.165) is 5.56 Å². The van der Waals surface area contributed by atoms with Crippen LogP contribution >= 0.6 is 0 Å². The second-order valence-corrected chi connectivity index (χ2v) is 7.46. The quantitative estimate of drug-likeness (QED) is 0.701. The molecule has 0 spiro atoms. The molecule has 7 heteroatoms. The third-order valence-corrected chi connectivity index (χ3v) is 5.14. The van der Waals surface area contributed by atoms with Crippen LogP contribution in [0.25, 0.3) is 0 Å². The van der Waals surface area contributed by atoms with Crippen molar-refractivity contribution in [1.82, 2.24) is 10.6 Å². The van der Waals surface area contributed by atoms with Gasteiger partial charge in [-0.3, -0.25) is 4.79 Å². The highest BCUT2D eigenvalue weighted by atomic mass is 32.2. The number of rotatable bonds is 5. The van der Waals surface area contributed by atoms with Crippen LogP contribution in [-0.2, 0) is 21.1 Å². The highest BCUT2D eigenvalue weighted by molar-refractivity contribution is 7.91. The molecule has 0 saturated carbocycles. The molecule has 1 fully saturated rings. The molecule has 2 rings (SSSR count). The van der Waals surface area contributed by atoms with Crippen molar-refractivity contribution in [3.05, 3.63) is 29.8 Å². The van der Waals surface area contributed by atoms with E-state index in [2.05, 4.69) is 10.6 Å². The predicted molar refractivity (Wildman–Crippen MR) is 79.9 cm³/mol. The van der Waals surface area contributed by atoms with Gasteiger partial charge in [-0.15, -0.1) is 0 Å². The van der Waals surface area contributed by atoms with Crippen molar-refractivity contribution < 1.29 is 18.3 Å². The molecule has 0 bridgehead atoms. The van der Waals surface area contributed by atoms with Gasteiger partial charge in [0.15, 0.2) is 9.84 Å². The van der Waals surface area contributed by atoms with Gasteiger partial charge in [0.25, 0.3) is 0 Å². The van der Waals surface area contributed by atoms with Crippen molar-refractivity contribution in [3.63, 3.8) is 0 Å². The Morgan fingerprint density at radius 3 is 2.71 bits per heavy atom. The minimum Gasteiger partial charge on any atom is -0.508 e. The van der Waals surface area contributed by atoms with Crippen molar-refractivity contribution in [3.8, 4) is 5.75 Å². The number of aromatic hydroxyl groups is 1. The number of hydrogen-bond donors (Lipinski definition) is 3. The van der Waals surface area contributed by atoms with Crippen LogP contribution in [0.1, 0.15) is 12.0 Å². The maximum atomic E-state index is 11.8. The average Bonchev–Trinajstić information content (AvgIpc) is 2.40. The van der Waals surface area contributed by atoms with E-state index < -0.39 is 9.84 Å². The van der Waals surface area contributed by atoms with Gasteiger partial charge in [0.2, 0.25) is 5.91 Å². The van der Waals surface area contributed by atoms with Crippen molar-refractivity contribution >= 4 is 15.7 Å². The Morgan fingerprint density at radius 1 is 1.33 bits per heavy atom. The summed E-state index contributed by atoms with van der Waals surface area (Å²) in [5, 5.41) is 15.0. The summed E-state index contributed by atoms with van der Waals surface area (Å²) in [6, 6.07) is 6.52. The van der Waals surface area contributed by atoms with Gasteiger partial charge in [0.1, 0.15) is 5.75 Å². The lowest BCUT2D eigenvalue weighted by atomic mass is 10.1. The van der Waals surface area contributed by atoms with E-state index in [9.17, 15) is 13.2 Å². The predicted octanol–water partition coefficient (Wildman–Crippen LogP) is -0.172. The second kappa shape index (κ2) is 6.91. The molecule has 3 N–H and O–H groups in total. The lowest BCUT2D eigenvalue weighted by Gasteiger charge is -2.23. The maximum absolute atomic E-state index is 11.8. The number of phenols is 1. The minimum absolute atomic E-state index is 0.0262. The first-order valence-electron chi connectivity index (χ1n) is 6.93. The molecule has 0 radical (unpaired) electrons. The molecule has 1 amide bonds. The molecule has 1 atom stereocenters. The summed E-state index contributed by atoms with van der Waals surface area (Å²) in [7, 11) is -3.01. The second-order valence-electron chi connectivity index (χ2n) is 5.24. The topological polar surface area (TPSA) is 95.5 Å². The van der Waals surface area contributed by atoms with Gasteiger partial charge < -0.3 is 15.7 Å². The van der Waals surface area contributed by atoms with E-state index in [1.165, 1.54) is 0 Å². The van der Waals surface area contributed by atoms with Gasteiger partial charge >= 0.3 is 0 Å². The summed E-state index contributed by atoms with van der Waals surface area (Å²) in [5.41, 5.74) is 1.02. The third kappa shape index (κ3) is 5.35. The summed E-state index contributed by atoms with van der Waals surface area (Å²) in [5.74, 6) is 0.236. The summed E-state index contributed by atoms with van der Waals surface area (Å²) < 4.78 is 23.0.